The lowest BCUT2D eigenvalue weighted by Crippen LogP contribution is -2.22. The number of aryl methyl sites for hydroxylation is 2. The molecule has 152 valence electrons. The summed E-state index contributed by atoms with van der Waals surface area (Å²) in [5.74, 6) is 3.45. The highest BCUT2D eigenvalue weighted by Crippen LogP contribution is 2.07. The molecule has 2 heterocycles. The number of nitrogens with two attached hydrogens (primary N) is 4. The third kappa shape index (κ3) is 16.2. The highest BCUT2D eigenvalue weighted by molar-refractivity contribution is 7.79. The van der Waals surface area contributed by atoms with Gasteiger partial charge in [0, 0.05) is 0 Å². The monoisotopic (exact) mass is 404 g/mol. The third-order valence-corrected chi connectivity index (χ3v) is 2.43. The zero-order valence-corrected chi connectivity index (χ0v) is 15.7. The fraction of sp³-hybridized carbons (Fsp3) is 0.286. The first kappa shape index (κ1) is 24.0. The molecule has 13 heteroatoms. The molecular formula is C14H24N6O6S. The van der Waals surface area contributed by atoms with Gasteiger partial charge in [-0.25, -0.2) is 9.98 Å². The van der Waals surface area contributed by atoms with E-state index in [0.717, 1.165) is 23.0 Å². The summed E-state index contributed by atoms with van der Waals surface area (Å²) in [7, 11) is -4.67. The van der Waals surface area contributed by atoms with Gasteiger partial charge in [0.2, 0.25) is 0 Å². The standard InChI is InChI=1S/2C7H11N3O.H2O4S/c2*1-5-2-3-6(11-5)4-10-7(8)9;1-5(2,3)4/h2*2-3H,4H2,1H3,(H4,8,9,10);(H2,1,2,3,4). The molecule has 0 atom stereocenters. The van der Waals surface area contributed by atoms with Gasteiger partial charge >= 0.3 is 10.4 Å². The topological polar surface area (TPSA) is 230 Å². The second-order valence-corrected chi connectivity index (χ2v) is 5.85. The molecular weight excluding hydrogens is 380 g/mol. The van der Waals surface area contributed by atoms with E-state index in [1.54, 1.807) is 0 Å². The Kier molecular flexibility index (Phi) is 10.3. The van der Waals surface area contributed by atoms with Crippen molar-refractivity contribution in [2.45, 2.75) is 26.9 Å². The van der Waals surface area contributed by atoms with Crippen LogP contribution in [0.3, 0.4) is 0 Å². The van der Waals surface area contributed by atoms with Crippen molar-refractivity contribution in [1.29, 1.82) is 0 Å². The minimum atomic E-state index is -4.67. The molecule has 0 aromatic carbocycles. The van der Waals surface area contributed by atoms with Crippen LogP contribution in [0.1, 0.15) is 23.0 Å². The minimum Gasteiger partial charge on any atom is -0.464 e. The predicted octanol–water partition coefficient (Wildman–Crippen LogP) is 0.0700. The maximum absolute atomic E-state index is 8.74. The summed E-state index contributed by atoms with van der Waals surface area (Å²) in [4.78, 5) is 7.57. The van der Waals surface area contributed by atoms with Crippen LogP contribution < -0.4 is 22.9 Å². The molecule has 10 N–H and O–H groups in total. The van der Waals surface area contributed by atoms with Crippen LogP contribution >= 0.6 is 0 Å². The van der Waals surface area contributed by atoms with E-state index in [0.29, 0.717) is 13.1 Å². The van der Waals surface area contributed by atoms with Gasteiger partial charge in [-0.1, -0.05) is 0 Å². The molecule has 2 aromatic heterocycles. The van der Waals surface area contributed by atoms with E-state index in [1.807, 2.05) is 38.1 Å². The zero-order valence-electron chi connectivity index (χ0n) is 14.9. The molecule has 2 rings (SSSR count). The Morgan fingerprint density at radius 3 is 1.33 bits per heavy atom. The van der Waals surface area contributed by atoms with Gasteiger partial charge in [-0.2, -0.15) is 8.42 Å². The van der Waals surface area contributed by atoms with Crippen molar-refractivity contribution in [3.05, 3.63) is 47.3 Å². The van der Waals surface area contributed by atoms with E-state index >= 15 is 0 Å². The molecule has 0 radical (unpaired) electrons. The predicted molar refractivity (Wildman–Crippen MR) is 100 cm³/mol. The van der Waals surface area contributed by atoms with Crippen LogP contribution in [-0.4, -0.2) is 29.4 Å². The molecule has 0 bridgehead atoms. The lowest BCUT2D eigenvalue weighted by molar-refractivity contribution is 0.381. The van der Waals surface area contributed by atoms with Gasteiger partial charge in [0.15, 0.2) is 11.9 Å². The number of hydrogen-bond acceptors (Lipinski definition) is 6. The third-order valence-electron chi connectivity index (χ3n) is 2.43. The molecule has 12 nitrogen and oxygen atoms in total. The molecule has 27 heavy (non-hydrogen) atoms. The number of guanidine groups is 2. The second-order valence-electron chi connectivity index (χ2n) is 4.95. The number of nitrogens with zero attached hydrogens (tertiary/aromatic N) is 2. The minimum absolute atomic E-state index is 0.0825. The lowest BCUT2D eigenvalue weighted by atomic mass is 10.4. The lowest BCUT2D eigenvalue weighted by Gasteiger charge is -1.90. The van der Waals surface area contributed by atoms with Crippen molar-refractivity contribution in [3.8, 4) is 0 Å². The van der Waals surface area contributed by atoms with Crippen LogP contribution in [-0.2, 0) is 23.5 Å². The first-order valence-electron chi connectivity index (χ1n) is 7.28. The normalized spacial score (nSPS) is 9.93. The van der Waals surface area contributed by atoms with Crippen molar-refractivity contribution < 1.29 is 26.4 Å². The van der Waals surface area contributed by atoms with Crippen molar-refractivity contribution in [2.24, 2.45) is 32.9 Å². The van der Waals surface area contributed by atoms with E-state index < -0.39 is 10.4 Å². The fourth-order valence-corrected chi connectivity index (χ4v) is 1.48. The molecule has 0 aliphatic heterocycles. The van der Waals surface area contributed by atoms with E-state index in [9.17, 15) is 0 Å². The Hall–Kier alpha value is -3.03. The number of aliphatic imine (C=N–C) groups is 2. The number of rotatable bonds is 4. The summed E-state index contributed by atoms with van der Waals surface area (Å²) in [6.07, 6.45) is 0. The Labute approximate surface area is 156 Å². The van der Waals surface area contributed by atoms with Gasteiger partial charge < -0.3 is 31.8 Å². The second kappa shape index (κ2) is 11.6. The Bertz CT molecular complexity index is 783. The molecule has 0 fully saturated rings. The molecule has 0 unspecified atom stereocenters. The first-order valence-corrected chi connectivity index (χ1v) is 8.67. The van der Waals surface area contributed by atoms with Gasteiger partial charge in [-0.05, 0) is 38.1 Å². The summed E-state index contributed by atoms with van der Waals surface area (Å²) >= 11 is 0. The average molecular weight is 404 g/mol. The molecule has 0 saturated heterocycles. The Morgan fingerprint density at radius 2 is 1.15 bits per heavy atom. The van der Waals surface area contributed by atoms with Gasteiger partial charge in [-0.3, -0.25) is 9.11 Å². The van der Waals surface area contributed by atoms with Crippen LogP contribution in [0.2, 0.25) is 0 Å². The van der Waals surface area contributed by atoms with Crippen LogP contribution in [0, 0.1) is 13.8 Å². The zero-order chi connectivity index (χ0) is 21.0. The smallest absolute Gasteiger partial charge is 0.394 e. The first-order chi connectivity index (χ1) is 12.4. The van der Waals surface area contributed by atoms with Crippen LogP contribution in [0.15, 0.2) is 43.1 Å². The van der Waals surface area contributed by atoms with Crippen molar-refractivity contribution in [2.75, 3.05) is 0 Å². The molecule has 0 aliphatic rings. The maximum Gasteiger partial charge on any atom is 0.394 e. The SMILES string of the molecule is Cc1ccc(CN=C(N)N)o1.Cc1ccc(CN=C(N)N)o1.O=S(=O)(O)O. The molecule has 0 saturated carbocycles. The van der Waals surface area contributed by atoms with Crippen molar-refractivity contribution >= 4 is 22.3 Å². The number of furan rings is 2. The highest BCUT2D eigenvalue weighted by atomic mass is 32.3. The van der Waals surface area contributed by atoms with E-state index in [1.165, 1.54) is 0 Å². The summed E-state index contributed by atoms with van der Waals surface area (Å²) in [5.41, 5.74) is 20.5. The maximum atomic E-state index is 8.74. The largest absolute Gasteiger partial charge is 0.464 e. The Morgan fingerprint density at radius 1 is 0.852 bits per heavy atom. The van der Waals surface area contributed by atoms with Gasteiger partial charge in [0.05, 0.1) is 0 Å². The Balaban J connectivity index is 0.000000405. The van der Waals surface area contributed by atoms with Crippen LogP contribution in [0.25, 0.3) is 0 Å². The molecule has 0 aliphatic carbocycles. The van der Waals surface area contributed by atoms with Gasteiger partial charge in [0.1, 0.15) is 36.1 Å². The molecule has 0 amide bonds. The summed E-state index contributed by atoms with van der Waals surface area (Å²) in [6.45, 7) is 4.57. The van der Waals surface area contributed by atoms with Crippen molar-refractivity contribution in [3.63, 3.8) is 0 Å². The summed E-state index contributed by atoms with van der Waals surface area (Å²) < 4.78 is 42.0. The fourth-order valence-electron chi connectivity index (χ4n) is 1.48. The molecule has 2 aromatic rings. The summed E-state index contributed by atoms with van der Waals surface area (Å²) in [6, 6.07) is 7.44. The van der Waals surface area contributed by atoms with Gasteiger partial charge in [-0.15, -0.1) is 0 Å². The van der Waals surface area contributed by atoms with Crippen molar-refractivity contribution in [1.82, 2.24) is 0 Å². The average Bonchev–Trinajstić information content (AvgIpc) is 3.10. The van der Waals surface area contributed by atoms with E-state index in [2.05, 4.69) is 9.98 Å². The van der Waals surface area contributed by atoms with E-state index in [4.69, 9.17) is 49.3 Å². The quantitative estimate of drug-likeness (QED) is 0.228. The molecule has 0 spiro atoms. The number of hydrogen-bond donors (Lipinski definition) is 6. The van der Waals surface area contributed by atoms with Crippen LogP contribution in [0.5, 0.6) is 0 Å². The van der Waals surface area contributed by atoms with Crippen LogP contribution in [0.4, 0.5) is 0 Å². The van der Waals surface area contributed by atoms with Gasteiger partial charge in [0.25, 0.3) is 0 Å². The van der Waals surface area contributed by atoms with E-state index in [-0.39, 0.29) is 11.9 Å². The summed E-state index contributed by atoms with van der Waals surface area (Å²) in [5, 5.41) is 0. The highest BCUT2D eigenvalue weighted by Gasteiger charge is 1.96.